The van der Waals surface area contributed by atoms with Gasteiger partial charge in [0.15, 0.2) is 11.5 Å². The van der Waals surface area contributed by atoms with E-state index >= 15 is 0 Å². The monoisotopic (exact) mass is 249 g/mol. The van der Waals surface area contributed by atoms with E-state index in [-0.39, 0.29) is 0 Å². The lowest BCUT2D eigenvalue weighted by Crippen LogP contribution is -2.30. The normalized spacial score (nSPS) is 16.6. The largest absolute Gasteiger partial charge is 0.493 e. The molecule has 2 rings (SSSR count). The van der Waals surface area contributed by atoms with Gasteiger partial charge in [-0.25, -0.2) is 0 Å². The Morgan fingerprint density at radius 1 is 1.06 bits per heavy atom. The van der Waals surface area contributed by atoms with Gasteiger partial charge in [-0.2, -0.15) is 0 Å². The first-order valence-corrected chi connectivity index (χ1v) is 6.78. The minimum atomic E-state index is 0.687. The van der Waals surface area contributed by atoms with Gasteiger partial charge in [-0.05, 0) is 30.5 Å². The van der Waals surface area contributed by atoms with E-state index in [0.717, 1.165) is 18.0 Å². The minimum absolute atomic E-state index is 0.687. The van der Waals surface area contributed by atoms with Crippen LogP contribution in [0, 0.1) is 0 Å². The Labute approximate surface area is 109 Å². The van der Waals surface area contributed by atoms with Gasteiger partial charge < -0.3 is 14.8 Å². The fourth-order valence-corrected chi connectivity index (χ4v) is 2.56. The molecule has 0 aromatic heterocycles. The maximum Gasteiger partial charge on any atom is 0.161 e. The number of nitrogens with one attached hydrogen (secondary N) is 1. The molecule has 0 spiro atoms. The highest BCUT2D eigenvalue weighted by atomic mass is 16.5. The van der Waals surface area contributed by atoms with E-state index in [4.69, 9.17) is 9.47 Å². The van der Waals surface area contributed by atoms with E-state index in [2.05, 4.69) is 17.4 Å². The van der Waals surface area contributed by atoms with Crippen molar-refractivity contribution in [1.82, 2.24) is 5.32 Å². The molecule has 18 heavy (non-hydrogen) atoms. The van der Waals surface area contributed by atoms with Crippen molar-refractivity contribution >= 4 is 0 Å². The van der Waals surface area contributed by atoms with Gasteiger partial charge in [0, 0.05) is 12.6 Å². The Kier molecular flexibility index (Phi) is 4.88. The Morgan fingerprint density at radius 2 is 1.78 bits per heavy atom. The van der Waals surface area contributed by atoms with Crippen LogP contribution in [0.15, 0.2) is 18.2 Å². The van der Waals surface area contributed by atoms with Crippen molar-refractivity contribution in [3.63, 3.8) is 0 Å². The van der Waals surface area contributed by atoms with E-state index in [9.17, 15) is 0 Å². The van der Waals surface area contributed by atoms with E-state index in [1.54, 1.807) is 14.2 Å². The third kappa shape index (κ3) is 3.39. The van der Waals surface area contributed by atoms with Crippen molar-refractivity contribution in [2.45, 2.75) is 44.7 Å². The van der Waals surface area contributed by atoms with Crippen LogP contribution < -0.4 is 14.8 Å². The molecule has 0 saturated heterocycles. The highest BCUT2D eigenvalue weighted by molar-refractivity contribution is 5.42. The van der Waals surface area contributed by atoms with Gasteiger partial charge in [0.25, 0.3) is 0 Å². The number of ether oxygens (including phenoxy) is 2. The first kappa shape index (κ1) is 13.2. The highest BCUT2D eigenvalue weighted by Crippen LogP contribution is 2.27. The van der Waals surface area contributed by atoms with Crippen LogP contribution in [0.1, 0.15) is 37.7 Å². The molecule has 1 N–H and O–H groups in total. The second-order valence-electron chi connectivity index (χ2n) is 4.91. The molecular weight excluding hydrogens is 226 g/mol. The number of hydrogen-bond donors (Lipinski definition) is 1. The standard InChI is InChI=1S/C15H23NO2/c1-17-14-9-8-12(10-15(14)18-2)11-16-13-6-4-3-5-7-13/h8-10,13,16H,3-7,11H2,1-2H3. The predicted molar refractivity (Wildman–Crippen MR) is 73.3 cm³/mol. The SMILES string of the molecule is COc1ccc(CNC2CCCCC2)cc1OC. The van der Waals surface area contributed by atoms with Gasteiger partial charge in [-0.15, -0.1) is 0 Å². The smallest absolute Gasteiger partial charge is 0.161 e. The molecule has 0 radical (unpaired) electrons. The second kappa shape index (κ2) is 6.64. The molecule has 1 aliphatic rings. The van der Waals surface area contributed by atoms with Gasteiger partial charge in [-0.1, -0.05) is 25.3 Å². The van der Waals surface area contributed by atoms with E-state index in [0.29, 0.717) is 6.04 Å². The predicted octanol–water partition coefficient (Wildman–Crippen LogP) is 3.13. The average Bonchev–Trinajstić information content (AvgIpc) is 2.45. The Bertz CT molecular complexity index is 373. The molecule has 1 aromatic rings. The van der Waals surface area contributed by atoms with Crippen LogP contribution in [0.5, 0.6) is 11.5 Å². The molecule has 3 nitrogen and oxygen atoms in total. The second-order valence-corrected chi connectivity index (χ2v) is 4.91. The summed E-state index contributed by atoms with van der Waals surface area (Å²) in [6.07, 6.45) is 6.75. The third-order valence-corrected chi connectivity index (χ3v) is 3.65. The Hall–Kier alpha value is -1.22. The number of rotatable bonds is 5. The maximum atomic E-state index is 5.32. The summed E-state index contributed by atoms with van der Waals surface area (Å²) in [5, 5.41) is 3.63. The Morgan fingerprint density at radius 3 is 2.44 bits per heavy atom. The summed E-state index contributed by atoms with van der Waals surface area (Å²) < 4.78 is 10.6. The summed E-state index contributed by atoms with van der Waals surface area (Å²) in [5.74, 6) is 1.60. The van der Waals surface area contributed by atoms with Gasteiger partial charge in [-0.3, -0.25) is 0 Å². The van der Waals surface area contributed by atoms with Gasteiger partial charge in [0.1, 0.15) is 0 Å². The summed E-state index contributed by atoms with van der Waals surface area (Å²) in [5.41, 5.74) is 1.25. The van der Waals surface area contributed by atoms with Gasteiger partial charge >= 0.3 is 0 Å². The summed E-state index contributed by atoms with van der Waals surface area (Å²) in [7, 11) is 3.34. The molecule has 0 atom stereocenters. The van der Waals surface area contributed by atoms with Crippen molar-refractivity contribution < 1.29 is 9.47 Å². The molecule has 0 bridgehead atoms. The van der Waals surface area contributed by atoms with Gasteiger partial charge in [0.2, 0.25) is 0 Å². The molecular formula is C15H23NO2. The van der Waals surface area contributed by atoms with E-state index in [1.807, 2.05) is 6.07 Å². The number of hydrogen-bond acceptors (Lipinski definition) is 3. The van der Waals surface area contributed by atoms with Crippen LogP contribution in [-0.4, -0.2) is 20.3 Å². The molecule has 1 fully saturated rings. The molecule has 1 saturated carbocycles. The van der Waals surface area contributed by atoms with Gasteiger partial charge in [0.05, 0.1) is 14.2 Å². The van der Waals surface area contributed by atoms with Crippen molar-refractivity contribution in [3.05, 3.63) is 23.8 Å². The summed E-state index contributed by atoms with van der Waals surface area (Å²) in [6.45, 7) is 0.908. The van der Waals surface area contributed by atoms with Crippen LogP contribution in [0.2, 0.25) is 0 Å². The van der Waals surface area contributed by atoms with Crippen molar-refractivity contribution in [1.29, 1.82) is 0 Å². The lowest BCUT2D eigenvalue weighted by atomic mass is 9.95. The maximum absolute atomic E-state index is 5.32. The molecule has 0 heterocycles. The summed E-state index contributed by atoms with van der Waals surface area (Å²) in [6, 6.07) is 6.80. The van der Waals surface area contributed by atoms with E-state index in [1.165, 1.54) is 37.7 Å². The van der Waals surface area contributed by atoms with Crippen LogP contribution >= 0.6 is 0 Å². The quantitative estimate of drug-likeness (QED) is 0.869. The average molecular weight is 249 g/mol. The number of benzene rings is 1. The first-order valence-electron chi connectivity index (χ1n) is 6.78. The zero-order valence-corrected chi connectivity index (χ0v) is 11.4. The first-order chi connectivity index (χ1) is 8.83. The molecule has 0 aliphatic heterocycles. The van der Waals surface area contributed by atoms with E-state index < -0.39 is 0 Å². The molecule has 1 aliphatic carbocycles. The fraction of sp³-hybridized carbons (Fsp3) is 0.600. The van der Waals surface area contributed by atoms with Crippen LogP contribution in [0.4, 0.5) is 0 Å². The zero-order valence-electron chi connectivity index (χ0n) is 11.4. The molecule has 0 unspecified atom stereocenters. The molecule has 1 aromatic carbocycles. The van der Waals surface area contributed by atoms with Crippen LogP contribution in [-0.2, 0) is 6.54 Å². The van der Waals surface area contributed by atoms with Crippen molar-refractivity contribution in [2.75, 3.05) is 14.2 Å². The Balaban J connectivity index is 1.92. The lowest BCUT2D eigenvalue weighted by molar-refractivity contribution is 0.353. The topological polar surface area (TPSA) is 30.5 Å². The van der Waals surface area contributed by atoms with Crippen LogP contribution in [0.25, 0.3) is 0 Å². The minimum Gasteiger partial charge on any atom is -0.493 e. The molecule has 100 valence electrons. The van der Waals surface area contributed by atoms with Crippen molar-refractivity contribution in [3.8, 4) is 11.5 Å². The zero-order chi connectivity index (χ0) is 12.8. The molecule has 3 heteroatoms. The highest BCUT2D eigenvalue weighted by Gasteiger charge is 2.12. The summed E-state index contributed by atoms with van der Waals surface area (Å²) >= 11 is 0. The molecule has 0 amide bonds. The lowest BCUT2D eigenvalue weighted by Gasteiger charge is -2.23. The number of methoxy groups -OCH3 is 2. The fourth-order valence-electron chi connectivity index (χ4n) is 2.56. The van der Waals surface area contributed by atoms with Crippen molar-refractivity contribution in [2.24, 2.45) is 0 Å². The van der Waals surface area contributed by atoms with Crippen LogP contribution in [0.3, 0.4) is 0 Å². The summed E-state index contributed by atoms with van der Waals surface area (Å²) in [4.78, 5) is 0. The third-order valence-electron chi connectivity index (χ3n) is 3.65.